The molecule has 29 heavy (non-hydrogen) atoms. The Kier molecular flexibility index (Phi) is 6.42. The summed E-state index contributed by atoms with van der Waals surface area (Å²) in [5, 5.41) is 20.4. The summed E-state index contributed by atoms with van der Waals surface area (Å²) in [5.41, 5.74) is 1.17. The number of nitrogens with zero attached hydrogens (tertiary/aromatic N) is 2. The van der Waals surface area contributed by atoms with Gasteiger partial charge in [0.1, 0.15) is 0 Å². The third kappa shape index (κ3) is 4.70. The molecule has 0 saturated carbocycles. The number of halogens is 1. The van der Waals surface area contributed by atoms with Crippen molar-refractivity contribution in [3.05, 3.63) is 66.1 Å². The molecule has 150 valence electrons. The molecule has 0 atom stereocenters. The molecule has 2 aromatic carbocycles. The molecule has 2 aromatic rings. The minimum absolute atomic E-state index is 0.0240. The Morgan fingerprint density at radius 1 is 1.28 bits per heavy atom. The van der Waals surface area contributed by atoms with Gasteiger partial charge in [0.05, 0.1) is 26.6 Å². The number of rotatable bonds is 6. The molecule has 0 radical (unpaired) electrons. The van der Waals surface area contributed by atoms with Crippen LogP contribution in [0.15, 0.2) is 41.3 Å². The number of imide groups is 1. The van der Waals surface area contributed by atoms with E-state index in [9.17, 15) is 24.8 Å². The highest BCUT2D eigenvalue weighted by Gasteiger charge is 2.35. The van der Waals surface area contributed by atoms with Crippen LogP contribution in [0.2, 0.25) is 0 Å². The zero-order valence-corrected chi connectivity index (χ0v) is 18.1. The second-order valence-corrected chi connectivity index (χ2v) is 8.13. The fraction of sp³-hybridized carbons (Fsp3) is 0.158. The fourth-order valence-electron chi connectivity index (χ4n) is 2.64. The number of thioether (sulfide) groups is 1. The normalized spacial score (nSPS) is 15.2. The quantitative estimate of drug-likeness (QED) is 0.255. The van der Waals surface area contributed by atoms with Crippen molar-refractivity contribution in [2.24, 2.45) is 0 Å². The molecule has 1 aliphatic rings. The van der Waals surface area contributed by atoms with E-state index < -0.39 is 16.1 Å². The number of nitro groups is 1. The highest BCUT2D eigenvalue weighted by atomic mass is 127. The van der Waals surface area contributed by atoms with Gasteiger partial charge in [-0.05, 0) is 70.6 Å². The lowest BCUT2D eigenvalue weighted by Gasteiger charge is -2.12. The van der Waals surface area contributed by atoms with E-state index in [-0.39, 0.29) is 22.9 Å². The molecule has 0 bridgehead atoms. The molecule has 1 saturated heterocycles. The number of phenols is 1. The van der Waals surface area contributed by atoms with Gasteiger partial charge in [0.15, 0.2) is 11.5 Å². The molecule has 1 N–H and O–H groups in total. The van der Waals surface area contributed by atoms with Crippen molar-refractivity contribution in [1.29, 1.82) is 0 Å². The van der Waals surface area contributed by atoms with E-state index in [0.717, 1.165) is 16.7 Å². The Morgan fingerprint density at radius 2 is 1.97 bits per heavy atom. The summed E-state index contributed by atoms with van der Waals surface area (Å²) in [6.07, 6.45) is 1.57. The number of carbonyl (C=O) groups excluding carboxylic acids is 2. The monoisotopic (exact) mass is 526 g/mol. The molecule has 0 unspecified atom stereocenters. The van der Waals surface area contributed by atoms with Gasteiger partial charge in [-0.15, -0.1) is 0 Å². The molecule has 0 aromatic heterocycles. The predicted octanol–water partition coefficient (Wildman–Crippen LogP) is 4.54. The van der Waals surface area contributed by atoms with Crippen LogP contribution in [0.5, 0.6) is 11.5 Å². The lowest BCUT2D eigenvalue weighted by atomic mass is 10.1. The Labute approximate surface area is 183 Å². The molecular formula is C19H15IN2O6S. The molecule has 8 nitrogen and oxygen atoms in total. The van der Waals surface area contributed by atoms with Crippen LogP contribution in [0, 0.1) is 13.7 Å². The average Bonchev–Trinajstić information content (AvgIpc) is 2.93. The van der Waals surface area contributed by atoms with E-state index in [4.69, 9.17) is 4.74 Å². The van der Waals surface area contributed by atoms with Crippen LogP contribution in [0.3, 0.4) is 0 Å². The molecule has 0 spiro atoms. The standard InChI is InChI=1S/C19H15IN2O6S/c1-2-28-15-8-12(7-14(20)17(15)23)9-16-18(24)21(19(25)29-16)10-11-3-5-13(6-4-11)22(26)27/h3-9,23H,2,10H2,1H3. The first-order valence-electron chi connectivity index (χ1n) is 8.44. The van der Waals surface area contributed by atoms with Gasteiger partial charge in [-0.2, -0.15) is 0 Å². The van der Waals surface area contributed by atoms with Crippen LogP contribution in [0.25, 0.3) is 6.08 Å². The molecule has 1 aliphatic heterocycles. The maximum absolute atomic E-state index is 12.7. The van der Waals surface area contributed by atoms with Crippen LogP contribution in [0.4, 0.5) is 10.5 Å². The molecule has 0 aliphatic carbocycles. The highest BCUT2D eigenvalue weighted by molar-refractivity contribution is 14.1. The maximum atomic E-state index is 12.7. The number of hydrogen-bond donors (Lipinski definition) is 1. The topological polar surface area (TPSA) is 110 Å². The largest absolute Gasteiger partial charge is 0.504 e. The molecule has 3 rings (SSSR count). The summed E-state index contributed by atoms with van der Waals surface area (Å²) >= 11 is 2.78. The van der Waals surface area contributed by atoms with Crippen LogP contribution in [-0.4, -0.2) is 32.7 Å². The number of non-ortho nitro benzene ring substituents is 1. The predicted molar refractivity (Wildman–Crippen MR) is 117 cm³/mol. The zero-order chi connectivity index (χ0) is 21.1. The van der Waals surface area contributed by atoms with E-state index in [1.807, 2.05) is 22.6 Å². The number of ether oxygens (including phenoxy) is 1. The Balaban J connectivity index is 1.82. The van der Waals surface area contributed by atoms with E-state index in [1.54, 1.807) is 25.1 Å². The molecule has 2 amide bonds. The zero-order valence-electron chi connectivity index (χ0n) is 15.1. The Bertz CT molecular complexity index is 1020. The smallest absolute Gasteiger partial charge is 0.293 e. The minimum Gasteiger partial charge on any atom is -0.504 e. The van der Waals surface area contributed by atoms with Crippen molar-refractivity contribution in [1.82, 2.24) is 4.90 Å². The minimum atomic E-state index is -0.512. The van der Waals surface area contributed by atoms with Crippen molar-refractivity contribution in [3.8, 4) is 11.5 Å². The summed E-state index contributed by atoms with van der Waals surface area (Å²) in [5.74, 6) is -0.119. The number of carbonyl (C=O) groups is 2. The van der Waals surface area contributed by atoms with E-state index in [2.05, 4.69) is 0 Å². The summed E-state index contributed by atoms with van der Waals surface area (Å²) < 4.78 is 5.96. The maximum Gasteiger partial charge on any atom is 0.293 e. The van der Waals surface area contributed by atoms with E-state index in [1.165, 1.54) is 24.3 Å². The summed E-state index contributed by atoms with van der Waals surface area (Å²) in [6, 6.07) is 8.98. The molecule has 1 fully saturated rings. The number of amides is 2. The summed E-state index contributed by atoms with van der Waals surface area (Å²) in [4.78, 5) is 36.6. The van der Waals surface area contributed by atoms with Crippen molar-refractivity contribution in [2.75, 3.05) is 6.61 Å². The lowest BCUT2D eigenvalue weighted by molar-refractivity contribution is -0.384. The third-order valence-corrected chi connectivity index (χ3v) is 5.74. The fourth-order valence-corrected chi connectivity index (χ4v) is 4.10. The first-order valence-corrected chi connectivity index (χ1v) is 10.3. The van der Waals surface area contributed by atoms with Gasteiger partial charge in [0.2, 0.25) is 0 Å². The summed E-state index contributed by atoms with van der Waals surface area (Å²) in [7, 11) is 0. The van der Waals surface area contributed by atoms with Gasteiger partial charge in [-0.1, -0.05) is 12.1 Å². The second-order valence-electron chi connectivity index (χ2n) is 5.97. The first kappa shape index (κ1) is 21.1. The van der Waals surface area contributed by atoms with Crippen LogP contribution in [0.1, 0.15) is 18.1 Å². The van der Waals surface area contributed by atoms with Crippen LogP contribution >= 0.6 is 34.4 Å². The Morgan fingerprint density at radius 3 is 2.59 bits per heavy atom. The number of benzene rings is 2. The second kappa shape index (κ2) is 8.82. The van der Waals surface area contributed by atoms with E-state index >= 15 is 0 Å². The van der Waals surface area contributed by atoms with Crippen molar-refractivity contribution in [2.45, 2.75) is 13.5 Å². The van der Waals surface area contributed by atoms with Crippen molar-refractivity contribution in [3.63, 3.8) is 0 Å². The number of nitro benzene ring substituents is 1. The number of aromatic hydroxyl groups is 1. The lowest BCUT2D eigenvalue weighted by Crippen LogP contribution is -2.27. The van der Waals surface area contributed by atoms with Gasteiger partial charge >= 0.3 is 0 Å². The van der Waals surface area contributed by atoms with Gasteiger partial charge < -0.3 is 9.84 Å². The Hall–Kier alpha value is -2.60. The van der Waals surface area contributed by atoms with Crippen LogP contribution in [-0.2, 0) is 11.3 Å². The van der Waals surface area contributed by atoms with Gasteiger partial charge in [0.25, 0.3) is 16.8 Å². The molecule has 10 heteroatoms. The van der Waals surface area contributed by atoms with Gasteiger partial charge in [0, 0.05) is 12.1 Å². The van der Waals surface area contributed by atoms with Crippen molar-refractivity contribution >= 4 is 57.3 Å². The number of phenolic OH excluding ortho intramolecular Hbond substituents is 1. The third-order valence-electron chi connectivity index (χ3n) is 4.01. The highest BCUT2D eigenvalue weighted by Crippen LogP contribution is 2.37. The number of hydrogen-bond acceptors (Lipinski definition) is 7. The van der Waals surface area contributed by atoms with E-state index in [0.29, 0.717) is 27.1 Å². The van der Waals surface area contributed by atoms with Crippen molar-refractivity contribution < 1.29 is 24.4 Å². The SMILES string of the molecule is CCOc1cc(C=C2SC(=O)N(Cc3ccc([N+](=O)[O-])cc3)C2=O)cc(I)c1O. The molecular weight excluding hydrogens is 511 g/mol. The average molecular weight is 526 g/mol. The molecule has 1 heterocycles. The first-order chi connectivity index (χ1) is 13.8. The van der Waals surface area contributed by atoms with Gasteiger partial charge in [-0.3, -0.25) is 24.6 Å². The summed E-state index contributed by atoms with van der Waals surface area (Å²) in [6.45, 7) is 2.19. The van der Waals surface area contributed by atoms with Gasteiger partial charge in [-0.25, -0.2) is 0 Å². The van der Waals surface area contributed by atoms with Crippen LogP contribution < -0.4 is 4.74 Å².